The molecule has 3 rings (SSSR count). The fraction of sp³-hybridized carbons (Fsp3) is 0.611. The summed E-state index contributed by atoms with van der Waals surface area (Å²) in [4.78, 5) is 16.7. The minimum Gasteiger partial charge on any atom is -0.492 e. The number of rotatable bonds is 6. The Morgan fingerprint density at radius 3 is 2.76 bits per heavy atom. The van der Waals surface area contributed by atoms with E-state index in [2.05, 4.69) is 4.90 Å². The molecule has 0 radical (unpaired) electrons. The molecule has 7 heteroatoms. The van der Waals surface area contributed by atoms with Crippen LogP contribution in [0, 0.1) is 0 Å². The van der Waals surface area contributed by atoms with Gasteiger partial charge in [-0.25, -0.2) is 0 Å². The first-order valence-corrected chi connectivity index (χ1v) is 9.57. The van der Waals surface area contributed by atoms with Gasteiger partial charge >= 0.3 is 0 Å². The topological polar surface area (TPSA) is 42.0 Å². The fourth-order valence-corrected chi connectivity index (χ4v) is 3.65. The second-order valence-corrected chi connectivity index (χ2v) is 7.22. The normalized spacial score (nSPS) is 21.5. The van der Waals surface area contributed by atoms with Crippen molar-refractivity contribution in [1.29, 1.82) is 0 Å². The van der Waals surface area contributed by atoms with Gasteiger partial charge in [0.1, 0.15) is 10.8 Å². The molecule has 2 saturated heterocycles. The van der Waals surface area contributed by atoms with E-state index in [0.717, 1.165) is 45.8 Å². The molecular weight excluding hydrogens is 363 g/mol. The van der Waals surface area contributed by atoms with Crippen molar-refractivity contribution < 1.29 is 14.3 Å². The van der Waals surface area contributed by atoms with Gasteiger partial charge in [0.05, 0.1) is 18.2 Å². The Kier molecular flexibility index (Phi) is 6.82. The highest BCUT2D eigenvalue weighted by Crippen LogP contribution is 2.31. The van der Waals surface area contributed by atoms with Crippen LogP contribution in [0.3, 0.4) is 0 Å². The van der Waals surface area contributed by atoms with Crippen molar-refractivity contribution in [2.75, 3.05) is 46.0 Å². The Hall–Kier alpha value is -1.01. The SMILES string of the molecule is O=C(CCCOc1cccc(Cl)c1Cl)N1CCN(C2CCOC2)CC1. The third-order valence-corrected chi connectivity index (χ3v) is 5.60. The molecule has 0 bridgehead atoms. The van der Waals surface area contributed by atoms with Gasteiger partial charge in [-0.15, -0.1) is 0 Å². The van der Waals surface area contributed by atoms with E-state index in [4.69, 9.17) is 32.7 Å². The summed E-state index contributed by atoms with van der Waals surface area (Å²) in [5.74, 6) is 0.761. The first kappa shape index (κ1) is 18.8. The Balaban J connectivity index is 1.35. The summed E-state index contributed by atoms with van der Waals surface area (Å²) in [6, 6.07) is 5.83. The summed E-state index contributed by atoms with van der Waals surface area (Å²) in [5.41, 5.74) is 0. The lowest BCUT2D eigenvalue weighted by atomic mass is 10.2. The van der Waals surface area contributed by atoms with Crippen LogP contribution in [0.5, 0.6) is 5.75 Å². The highest BCUT2D eigenvalue weighted by Gasteiger charge is 2.28. The number of amides is 1. The van der Waals surface area contributed by atoms with Gasteiger partial charge in [-0.2, -0.15) is 0 Å². The van der Waals surface area contributed by atoms with Crippen LogP contribution in [0.1, 0.15) is 19.3 Å². The number of piperazine rings is 1. The van der Waals surface area contributed by atoms with Crippen LogP contribution in [-0.4, -0.2) is 67.7 Å². The van der Waals surface area contributed by atoms with E-state index in [1.165, 1.54) is 0 Å². The van der Waals surface area contributed by atoms with Crippen LogP contribution in [-0.2, 0) is 9.53 Å². The number of carbonyl (C=O) groups is 1. The van der Waals surface area contributed by atoms with Crippen LogP contribution in [0.15, 0.2) is 18.2 Å². The quantitative estimate of drug-likeness (QED) is 0.704. The first-order valence-electron chi connectivity index (χ1n) is 8.81. The minimum atomic E-state index is 0.197. The molecule has 25 heavy (non-hydrogen) atoms. The molecule has 0 spiro atoms. The minimum absolute atomic E-state index is 0.197. The van der Waals surface area contributed by atoms with Crippen LogP contribution in [0.2, 0.25) is 10.0 Å². The van der Waals surface area contributed by atoms with Crippen LogP contribution in [0.4, 0.5) is 0 Å². The summed E-state index contributed by atoms with van der Waals surface area (Å²) < 4.78 is 11.1. The number of hydrogen-bond donors (Lipinski definition) is 0. The molecule has 1 aromatic rings. The van der Waals surface area contributed by atoms with E-state index in [-0.39, 0.29) is 5.91 Å². The zero-order valence-electron chi connectivity index (χ0n) is 14.3. The van der Waals surface area contributed by atoms with E-state index in [9.17, 15) is 4.79 Å². The zero-order chi connectivity index (χ0) is 17.6. The molecule has 0 aromatic heterocycles. The van der Waals surface area contributed by atoms with Crippen molar-refractivity contribution in [2.24, 2.45) is 0 Å². The molecule has 2 aliphatic rings. The smallest absolute Gasteiger partial charge is 0.222 e. The fourth-order valence-electron chi connectivity index (χ4n) is 3.31. The molecule has 1 amide bonds. The first-order chi connectivity index (χ1) is 12.1. The molecule has 138 valence electrons. The molecule has 2 aliphatic heterocycles. The lowest BCUT2D eigenvalue weighted by molar-refractivity contribution is -0.133. The van der Waals surface area contributed by atoms with Crippen molar-refractivity contribution in [3.8, 4) is 5.75 Å². The van der Waals surface area contributed by atoms with Gasteiger partial charge in [-0.1, -0.05) is 29.3 Å². The third kappa shape index (κ3) is 5.00. The number of halogens is 2. The average molecular weight is 387 g/mol. The molecule has 0 saturated carbocycles. The van der Waals surface area contributed by atoms with Crippen molar-refractivity contribution in [2.45, 2.75) is 25.3 Å². The second-order valence-electron chi connectivity index (χ2n) is 6.44. The summed E-state index contributed by atoms with van der Waals surface area (Å²) in [5, 5.41) is 0.892. The van der Waals surface area contributed by atoms with Crippen LogP contribution < -0.4 is 4.74 Å². The molecule has 2 heterocycles. The van der Waals surface area contributed by atoms with Gasteiger partial charge in [0.2, 0.25) is 5.91 Å². The predicted octanol–water partition coefficient (Wildman–Crippen LogP) is 3.09. The van der Waals surface area contributed by atoms with Gasteiger partial charge < -0.3 is 14.4 Å². The summed E-state index contributed by atoms with van der Waals surface area (Å²) in [6.07, 6.45) is 2.26. The third-order valence-electron chi connectivity index (χ3n) is 4.80. The van der Waals surface area contributed by atoms with Crippen LogP contribution in [0.25, 0.3) is 0 Å². The number of benzene rings is 1. The highest BCUT2D eigenvalue weighted by molar-refractivity contribution is 6.42. The van der Waals surface area contributed by atoms with E-state index in [1.807, 2.05) is 4.90 Å². The van der Waals surface area contributed by atoms with E-state index in [1.54, 1.807) is 18.2 Å². The molecule has 1 unspecified atom stereocenters. The summed E-state index contributed by atoms with van der Waals surface area (Å²) in [6.45, 7) is 5.62. The number of carbonyl (C=O) groups excluding carboxylic acids is 1. The Morgan fingerprint density at radius 2 is 2.04 bits per heavy atom. The molecule has 0 N–H and O–H groups in total. The standard InChI is InChI=1S/C18H24Cl2N2O3/c19-15-3-1-4-16(18(15)20)25-11-2-5-17(23)22-9-7-21(8-10-22)14-6-12-24-13-14/h1,3-4,14H,2,5-13H2. The van der Waals surface area contributed by atoms with E-state index in [0.29, 0.717) is 41.3 Å². The second kappa shape index (κ2) is 9.08. The molecular formula is C18H24Cl2N2O3. The monoisotopic (exact) mass is 386 g/mol. The van der Waals surface area contributed by atoms with Crippen molar-refractivity contribution >= 4 is 29.1 Å². The highest BCUT2D eigenvalue weighted by atomic mass is 35.5. The maximum absolute atomic E-state index is 12.3. The van der Waals surface area contributed by atoms with Crippen molar-refractivity contribution in [3.63, 3.8) is 0 Å². The molecule has 2 fully saturated rings. The number of nitrogens with zero attached hydrogens (tertiary/aromatic N) is 2. The molecule has 0 aliphatic carbocycles. The maximum atomic E-state index is 12.3. The Labute approximate surface area is 158 Å². The predicted molar refractivity (Wildman–Crippen MR) is 98.6 cm³/mol. The Morgan fingerprint density at radius 1 is 1.24 bits per heavy atom. The van der Waals surface area contributed by atoms with E-state index < -0.39 is 0 Å². The van der Waals surface area contributed by atoms with Gasteiger partial charge in [0.15, 0.2) is 0 Å². The number of ether oxygens (including phenoxy) is 2. The number of hydrogen-bond acceptors (Lipinski definition) is 4. The Bertz CT molecular complexity index is 586. The van der Waals surface area contributed by atoms with Gasteiger partial charge in [0, 0.05) is 45.2 Å². The summed E-state index contributed by atoms with van der Waals surface area (Å²) in [7, 11) is 0. The average Bonchev–Trinajstić information content (AvgIpc) is 3.17. The maximum Gasteiger partial charge on any atom is 0.222 e. The van der Waals surface area contributed by atoms with E-state index >= 15 is 0 Å². The van der Waals surface area contributed by atoms with Gasteiger partial charge in [0.25, 0.3) is 0 Å². The van der Waals surface area contributed by atoms with Crippen LogP contribution >= 0.6 is 23.2 Å². The molecule has 5 nitrogen and oxygen atoms in total. The lowest BCUT2D eigenvalue weighted by Crippen LogP contribution is -2.52. The lowest BCUT2D eigenvalue weighted by Gasteiger charge is -2.37. The van der Waals surface area contributed by atoms with Crippen molar-refractivity contribution in [1.82, 2.24) is 9.80 Å². The van der Waals surface area contributed by atoms with Gasteiger partial charge in [-0.05, 0) is 25.0 Å². The molecule has 1 aromatic carbocycles. The largest absolute Gasteiger partial charge is 0.492 e. The molecule has 1 atom stereocenters. The summed E-state index contributed by atoms with van der Waals surface area (Å²) >= 11 is 12.0. The van der Waals surface area contributed by atoms with Gasteiger partial charge in [-0.3, -0.25) is 9.69 Å². The zero-order valence-corrected chi connectivity index (χ0v) is 15.8. The van der Waals surface area contributed by atoms with Crippen molar-refractivity contribution in [3.05, 3.63) is 28.2 Å².